The van der Waals surface area contributed by atoms with E-state index >= 15 is 0 Å². The summed E-state index contributed by atoms with van der Waals surface area (Å²) < 4.78 is 33.2. The number of hydrogen-bond donors (Lipinski definition) is 0. The van der Waals surface area contributed by atoms with E-state index in [-0.39, 0.29) is 17.1 Å². The Morgan fingerprint density at radius 3 is 2.26 bits per heavy atom. The second-order valence-corrected chi connectivity index (χ2v) is 10.7. The van der Waals surface area contributed by atoms with Gasteiger partial charge < -0.3 is 4.52 Å². The minimum atomic E-state index is -3.37. The van der Waals surface area contributed by atoms with Crippen molar-refractivity contribution in [2.75, 3.05) is 26.2 Å². The highest BCUT2D eigenvalue weighted by molar-refractivity contribution is 7.88. The molecule has 2 fully saturated rings. The van der Waals surface area contributed by atoms with Gasteiger partial charge in [0, 0.05) is 38.1 Å². The third-order valence-electron chi connectivity index (χ3n) is 6.38. The van der Waals surface area contributed by atoms with Crippen molar-refractivity contribution in [3.63, 3.8) is 0 Å². The Hall–Kier alpha value is -2.55. The highest BCUT2D eigenvalue weighted by Crippen LogP contribution is 2.50. The van der Waals surface area contributed by atoms with Crippen LogP contribution in [-0.4, -0.2) is 53.9 Å². The number of likely N-dealkylation sites (tertiary alicyclic amines) is 1. The Balaban J connectivity index is 1.35. The molecule has 0 amide bonds. The highest BCUT2D eigenvalue weighted by Gasteiger charge is 2.58. The summed E-state index contributed by atoms with van der Waals surface area (Å²) in [7, 11) is -3.37. The largest absolute Gasteiger partial charge is 0.339 e. The predicted molar refractivity (Wildman–Crippen MR) is 117 cm³/mol. The second-order valence-electron chi connectivity index (χ2n) is 8.76. The first-order valence-corrected chi connectivity index (χ1v) is 12.1. The van der Waals surface area contributed by atoms with Gasteiger partial charge in [0.15, 0.2) is 5.82 Å². The van der Waals surface area contributed by atoms with Crippen LogP contribution in [0.3, 0.4) is 0 Å². The topological polar surface area (TPSA) is 79.5 Å². The van der Waals surface area contributed by atoms with E-state index in [1.807, 2.05) is 55.5 Å². The molecular weight excluding hydrogens is 412 g/mol. The molecule has 5 rings (SSSR count). The average molecular weight is 439 g/mol. The lowest BCUT2D eigenvalue weighted by atomic mass is 9.73. The minimum absolute atomic E-state index is 0.0283. The minimum Gasteiger partial charge on any atom is -0.339 e. The number of sulfonamides is 1. The van der Waals surface area contributed by atoms with Gasteiger partial charge in [-0.1, -0.05) is 65.8 Å². The Labute approximate surface area is 182 Å². The lowest BCUT2D eigenvalue weighted by Crippen LogP contribution is -2.61. The summed E-state index contributed by atoms with van der Waals surface area (Å²) in [6.07, 6.45) is 0. The summed E-state index contributed by atoms with van der Waals surface area (Å²) >= 11 is 0. The van der Waals surface area contributed by atoms with Gasteiger partial charge >= 0.3 is 0 Å². The second kappa shape index (κ2) is 7.85. The van der Waals surface area contributed by atoms with E-state index in [0.29, 0.717) is 24.8 Å². The van der Waals surface area contributed by atoms with Crippen molar-refractivity contribution in [2.45, 2.75) is 25.1 Å². The molecule has 2 aliphatic heterocycles. The number of hydrogen-bond acceptors (Lipinski definition) is 6. The number of benzene rings is 2. The van der Waals surface area contributed by atoms with E-state index in [4.69, 9.17) is 4.52 Å². The molecule has 1 spiro atoms. The molecule has 1 unspecified atom stereocenters. The van der Waals surface area contributed by atoms with Gasteiger partial charge in [-0.05, 0) is 18.1 Å². The Bertz CT molecular complexity index is 1140. The Morgan fingerprint density at radius 2 is 1.65 bits per heavy atom. The SMILES string of the molecule is Cc1noc(C2CN(Cc3ccccc3)CC23CN(S(=O)(=O)Cc2ccccc2)C3)n1. The fraction of sp³-hybridized carbons (Fsp3) is 0.391. The monoisotopic (exact) mass is 438 g/mol. The van der Waals surface area contributed by atoms with Crippen molar-refractivity contribution in [2.24, 2.45) is 5.41 Å². The van der Waals surface area contributed by atoms with Crippen LogP contribution in [0.15, 0.2) is 65.2 Å². The molecule has 8 heteroatoms. The summed E-state index contributed by atoms with van der Waals surface area (Å²) in [4.78, 5) is 6.87. The molecule has 1 atom stereocenters. The standard InChI is InChI=1S/C23H26N4O3S/c1-18-24-22(30-25-18)21-13-26(12-19-8-4-2-5-9-19)15-23(21)16-27(17-23)31(28,29)14-20-10-6-3-7-11-20/h2-11,21H,12-17H2,1H3. The lowest BCUT2D eigenvalue weighted by Gasteiger charge is -2.49. The van der Waals surface area contributed by atoms with Crippen LogP contribution < -0.4 is 0 Å². The molecule has 0 N–H and O–H groups in total. The quantitative estimate of drug-likeness (QED) is 0.589. The van der Waals surface area contributed by atoms with Crippen LogP contribution in [-0.2, 0) is 22.3 Å². The lowest BCUT2D eigenvalue weighted by molar-refractivity contribution is 0.0540. The normalized spacial score (nSPS) is 21.4. The van der Waals surface area contributed by atoms with E-state index in [1.165, 1.54) is 5.56 Å². The molecule has 0 aliphatic carbocycles. The van der Waals surface area contributed by atoms with Crippen LogP contribution in [0.2, 0.25) is 0 Å². The zero-order chi connectivity index (χ0) is 21.5. The predicted octanol–water partition coefficient (Wildman–Crippen LogP) is 2.81. The maximum Gasteiger partial charge on any atom is 0.231 e. The molecule has 1 aromatic heterocycles. The average Bonchev–Trinajstić information content (AvgIpc) is 3.32. The zero-order valence-electron chi connectivity index (χ0n) is 17.5. The molecule has 162 valence electrons. The molecular formula is C23H26N4O3S. The van der Waals surface area contributed by atoms with Gasteiger partial charge in [0.25, 0.3) is 0 Å². The van der Waals surface area contributed by atoms with Gasteiger partial charge in [-0.2, -0.15) is 4.98 Å². The molecule has 7 nitrogen and oxygen atoms in total. The summed E-state index contributed by atoms with van der Waals surface area (Å²) in [5.41, 5.74) is 1.86. The van der Waals surface area contributed by atoms with E-state index < -0.39 is 10.0 Å². The zero-order valence-corrected chi connectivity index (χ0v) is 18.3. The van der Waals surface area contributed by atoms with Crippen molar-refractivity contribution >= 4 is 10.0 Å². The molecule has 0 radical (unpaired) electrons. The van der Waals surface area contributed by atoms with E-state index in [9.17, 15) is 8.42 Å². The molecule has 3 aromatic rings. The molecule has 2 saturated heterocycles. The third-order valence-corrected chi connectivity index (χ3v) is 8.12. The highest BCUT2D eigenvalue weighted by atomic mass is 32.2. The van der Waals surface area contributed by atoms with Crippen LogP contribution in [0.25, 0.3) is 0 Å². The van der Waals surface area contributed by atoms with Crippen molar-refractivity contribution in [1.29, 1.82) is 0 Å². The molecule has 2 aliphatic rings. The maximum atomic E-state index is 13.0. The molecule has 31 heavy (non-hydrogen) atoms. The first-order valence-electron chi connectivity index (χ1n) is 10.5. The van der Waals surface area contributed by atoms with Gasteiger partial charge in [0.1, 0.15) is 0 Å². The van der Waals surface area contributed by atoms with E-state index in [2.05, 4.69) is 27.2 Å². The first-order chi connectivity index (χ1) is 14.9. The van der Waals surface area contributed by atoms with Gasteiger partial charge in [-0.3, -0.25) is 4.90 Å². The van der Waals surface area contributed by atoms with Crippen LogP contribution in [0.4, 0.5) is 0 Å². The molecule has 0 bridgehead atoms. The maximum absolute atomic E-state index is 13.0. The van der Waals surface area contributed by atoms with Crippen LogP contribution in [0, 0.1) is 12.3 Å². The summed E-state index contributed by atoms with van der Waals surface area (Å²) in [5, 5.41) is 3.98. The summed E-state index contributed by atoms with van der Waals surface area (Å²) in [5.74, 6) is 1.29. The van der Waals surface area contributed by atoms with Crippen LogP contribution in [0.5, 0.6) is 0 Å². The van der Waals surface area contributed by atoms with Crippen molar-refractivity contribution in [3.8, 4) is 0 Å². The smallest absolute Gasteiger partial charge is 0.231 e. The third kappa shape index (κ3) is 4.03. The number of rotatable bonds is 6. The van der Waals surface area contributed by atoms with E-state index in [0.717, 1.165) is 25.2 Å². The fourth-order valence-electron chi connectivity index (χ4n) is 4.88. The number of aromatic nitrogens is 2. The summed E-state index contributed by atoms with van der Waals surface area (Å²) in [6.45, 7) is 5.20. The fourth-order valence-corrected chi connectivity index (χ4v) is 6.58. The van der Waals surface area contributed by atoms with Gasteiger partial charge in [-0.15, -0.1) is 0 Å². The molecule has 2 aromatic carbocycles. The Kier molecular flexibility index (Phi) is 5.16. The van der Waals surface area contributed by atoms with Gasteiger partial charge in [0.05, 0.1) is 11.7 Å². The number of aryl methyl sites for hydroxylation is 1. The van der Waals surface area contributed by atoms with Gasteiger partial charge in [-0.25, -0.2) is 12.7 Å². The first kappa shape index (κ1) is 20.4. The van der Waals surface area contributed by atoms with Crippen molar-refractivity contribution in [3.05, 3.63) is 83.5 Å². The van der Waals surface area contributed by atoms with Gasteiger partial charge in [0.2, 0.25) is 15.9 Å². The van der Waals surface area contributed by atoms with Crippen LogP contribution in [0.1, 0.15) is 28.8 Å². The Morgan fingerprint density at radius 1 is 1.00 bits per heavy atom. The van der Waals surface area contributed by atoms with Crippen molar-refractivity contribution in [1.82, 2.24) is 19.3 Å². The van der Waals surface area contributed by atoms with E-state index in [1.54, 1.807) is 4.31 Å². The molecule has 0 saturated carbocycles. The molecule has 3 heterocycles. The van der Waals surface area contributed by atoms with Crippen LogP contribution >= 0.6 is 0 Å². The summed E-state index contributed by atoms with van der Waals surface area (Å²) in [6, 6.07) is 19.7. The van der Waals surface area contributed by atoms with Crippen molar-refractivity contribution < 1.29 is 12.9 Å². The number of nitrogens with zero attached hydrogens (tertiary/aromatic N) is 4.